The molecule has 1 N–H and O–H groups in total. The third-order valence-corrected chi connectivity index (χ3v) is 7.66. The molecule has 1 aromatic carbocycles. The Hall–Kier alpha value is -3.30. The van der Waals surface area contributed by atoms with Gasteiger partial charge in [-0.1, -0.05) is 5.21 Å². The molecular formula is C26H30N6O3. The molecule has 5 heterocycles. The van der Waals surface area contributed by atoms with Crippen LogP contribution in [0.25, 0.3) is 33.2 Å². The second-order valence-corrected chi connectivity index (χ2v) is 9.90. The number of aryl methyl sites for hydroxylation is 2. The lowest BCUT2D eigenvalue weighted by molar-refractivity contribution is 0.00591. The number of aromatic nitrogens is 5. The lowest BCUT2D eigenvalue weighted by Gasteiger charge is -2.35. The third kappa shape index (κ3) is 3.61. The van der Waals surface area contributed by atoms with Crippen LogP contribution in [0.3, 0.4) is 0 Å². The van der Waals surface area contributed by atoms with Gasteiger partial charge in [0.05, 0.1) is 34.0 Å². The van der Waals surface area contributed by atoms with Gasteiger partial charge in [0.2, 0.25) is 0 Å². The summed E-state index contributed by atoms with van der Waals surface area (Å²) in [5.74, 6) is 0.443. The number of nitrogens with zero attached hydrogens (tertiary/aromatic N) is 6. The Bertz CT molecular complexity index is 1410. The molecule has 0 radical (unpaired) electrons. The molecule has 1 amide bonds. The highest BCUT2D eigenvalue weighted by molar-refractivity contribution is 6.09. The van der Waals surface area contributed by atoms with Crippen molar-refractivity contribution in [3.05, 3.63) is 41.7 Å². The van der Waals surface area contributed by atoms with Gasteiger partial charge in [-0.05, 0) is 56.9 Å². The number of benzene rings is 1. The normalized spacial score (nSPS) is 18.3. The maximum atomic E-state index is 13.0. The third-order valence-electron chi connectivity index (χ3n) is 7.66. The summed E-state index contributed by atoms with van der Waals surface area (Å²) in [6.45, 7) is 6.58. The van der Waals surface area contributed by atoms with Crippen LogP contribution in [0.15, 0.2) is 30.5 Å². The highest BCUT2D eigenvalue weighted by atomic mass is 16.5. The van der Waals surface area contributed by atoms with Crippen LogP contribution in [0.5, 0.6) is 0 Å². The van der Waals surface area contributed by atoms with Crippen molar-refractivity contribution in [3.8, 4) is 11.3 Å². The van der Waals surface area contributed by atoms with E-state index >= 15 is 0 Å². The lowest BCUT2D eigenvalue weighted by atomic mass is 9.92. The molecule has 1 atom stereocenters. The average molecular weight is 475 g/mol. The average Bonchev–Trinajstić information content (AvgIpc) is 3.36. The smallest absolute Gasteiger partial charge is 0.254 e. The number of amides is 1. The summed E-state index contributed by atoms with van der Waals surface area (Å²) in [6.07, 6.45) is 3.49. The minimum Gasteiger partial charge on any atom is -0.389 e. The number of β-amino-alcohol motifs (C(OH)–C–C–N with tert-alkyl or cyclic N) is 1. The van der Waals surface area contributed by atoms with Gasteiger partial charge in [-0.3, -0.25) is 9.78 Å². The number of rotatable bonds is 4. The van der Waals surface area contributed by atoms with E-state index in [1.807, 2.05) is 38.4 Å². The number of carbonyl (C=O) groups excluding carboxylic acids is 1. The van der Waals surface area contributed by atoms with Gasteiger partial charge in [-0.25, -0.2) is 4.68 Å². The molecule has 9 heteroatoms. The van der Waals surface area contributed by atoms with Crippen molar-refractivity contribution in [3.63, 3.8) is 0 Å². The van der Waals surface area contributed by atoms with Crippen molar-refractivity contribution in [2.75, 3.05) is 26.3 Å². The predicted octanol–water partition coefficient (Wildman–Crippen LogP) is 3.10. The maximum Gasteiger partial charge on any atom is 0.254 e. The van der Waals surface area contributed by atoms with Gasteiger partial charge in [0, 0.05) is 62.1 Å². The van der Waals surface area contributed by atoms with Crippen LogP contribution in [-0.4, -0.2) is 72.9 Å². The van der Waals surface area contributed by atoms with Crippen molar-refractivity contribution < 1.29 is 14.6 Å². The molecular weight excluding hydrogens is 444 g/mol. The van der Waals surface area contributed by atoms with Crippen LogP contribution in [-0.2, 0) is 11.8 Å². The van der Waals surface area contributed by atoms with Gasteiger partial charge in [0.1, 0.15) is 0 Å². The molecule has 0 saturated carbocycles. The van der Waals surface area contributed by atoms with Crippen molar-refractivity contribution in [2.45, 2.75) is 38.8 Å². The van der Waals surface area contributed by atoms with Crippen LogP contribution in [0.2, 0.25) is 0 Å². The molecule has 2 aliphatic rings. The number of aliphatic hydroxyl groups excluding tert-OH is 1. The first-order chi connectivity index (χ1) is 16.9. The largest absolute Gasteiger partial charge is 0.389 e. The first-order valence-corrected chi connectivity index (χ1v) is 12.3. The molecule has 2 aliphatic heterocycles. The van der Waals surface area contributed by atoms with E-state index in [1.165, 1.54) is 0 Å². The molecule has 0 unspecified atom stereocenters. The fourth-order valence-corrected chi connectivity index (χ4v) is 5.68. The highest BCUT2D eigenvalue weighted by Crippen LogP contribution is 2.38. The number of likely N-dealkylation sites (tertiary alicyclic amines) is 1. The number of aliphatic hydroxyl groups is 1. The van der Waals surface area contributed by atoms with Crippen LogP contribution in [0, 0.1) is 12.8 Å². The molecule has 2 saturated heterocycles. The first-order valence-electron chi connectivity index (χ1n) is 12.3. The second kappa shape index (κ2) is 8.42. The van der Waals surface area contributed by atoms with E-state index < -0.39 is 6.10 Å². The molecule has 35 heavy (non-hydrogen) atoms. The maximum absolute atomic E-state index is 13.0. The molecule has 0 aliphatic carbocycles. The van der Waals surface area contributed by atoms with E-state index in [9.17, 15) is 9.90 Å². The molecule has 0 spiro atoms. The molecule has 3 aromatic heterocycles. The van der Waals surface area contributed by atoms with E-state index in [1.54, 1.807) is 9.58 Å². The summed E-state index contributed by atoms with van der Waals surface area (Å²) < 4.78 is 9.80. The Morgan fingerprint density at radius 2 is 1.94 bits per heavy atom. The zero-order valence-corrected chi connectivity index (χ0v) is 20.3. The molecule has 2 fully saturated rings. The number of hydrogen-bond donors (Lipinski definition) is 1. The standard InChI is InChI=1S/C26H30N6O3/c1-15-25(30(3)29-28-15)19-11-23-24(27-12-19)21-10-18(26(34)31-13-20(33)14-31)4-5-22(21)32(23)16(2)17-6-8-35-9-7-17/h4-5,10-12,16-17,20,33H,6-9,13-14H2,1-3H3/t16-/m1/s1. The van der Waals surface area contributed by atoms with Crippen LogP contribution in [0.4, 0.5) is 0 Å². The zero-order valence-electron chi connectivity index (χ0n) is 20.3. The quantitative estimate of drug-likeness (QED) is 0.488. The number of pyridine rings is 1. The summed E-state index contributed by atoms with van der Waals surface area (Å²) in [6, 6.07) is 8.33. The van der Waals surface area contributed by atoms with Crippen LogP contribution < -0.4 is 0 Å². The number of hydrogen-bond acceptors (Lipinski definition) is 6. The van der Waals surface area contributed by atoms with Gasteiger partial charge in [0.25, 0.3) is 5.91 Å². The first kappa shape index (κ1) is 22.2. The van der Waals surface area contributed by atoms with E-state index in [0.717, 1.165) is 64.9 Å². The molecule has 6 rings (SSSR count). The highest BCUT2D eigenvalue weighted by Gasteiger charge is 2.31. The Balaban J connectivity index is 1.53. The zero-order chi connectivity index (χ0) is 24.3. The summed E-state index contributed by atoms with van der Waals surface area (Å²) in [7, 11) is 1.89. The van der Waals surface area contributed by atoms with Crippen LogP contribution >= 0.6 is 0 Å². The molecule has 0 bridgehead atoms. The van der Waals surface area contributed by atoms with E-state index in [0.29, 0.717) is 24.6 Å². The van der Waals surface area contributed by atoms with Gasteiger partial charge >= 0.3 is 0 Å². The van der Waals surface area contributed by atoms with Crippen molar-refractivity contribution in [2.24, 2.45) is 13.0 Å². The summed E-state index contributed by atoms with van der Waals surface area (Å²) in [5.41, 5.74) is 6.40. The summed E-state index contributed by atoms with van der Waals surface area (Å²) >= 11 is 0. The van der Waals surface area contributed by atoms with Crippen molar-refractivity contribution >= 4 is 27.8 Å². The molecule has 182 valence electrons. The fraction of sp³-hybridized carbons (Fsp3) is 0.462. The fourth-order valence-electron chi connectivity index (χ4n) is 5.68. The van der Waals surface area contributed by atoms with Crippen molar-refractivity contribution in [1.82, 2.24) is 29.4 Å². The van der Waals surface area contributed by atoms with E-state index in [2.05, 4.69) is 27.9 Å². The Morgan fingerprint density at radius 3 is 2.63 bits per heavy atom. The minimum absolute atomic E-state index is 0.0521. The number of fused-ring (bicyclic) bond motifs is 3. The van der Waals surface area contributed by atoms with E-state index in [4.69, 9.17) is 9.72 Å². The van der Waals surface area contributed by atoms with Gasteiger partial charge in [0.15, 0.2) is 0 Å². The lowest BCUT2D eigenvalue weighted by Crippen LogP contribution is -2.53. The summed E-state index contributed by atoms with van der Waals surface area (Å²) in [4.78, 5) is 19.6. The minimum atomic E-state index is -0.421. The van der Waals surface area contributed by atoms with E-state index in [-0.39, 0.29) is 11.9 Å². The predicted molar refractivity (Wildman–Crippen MR) is 132 cm³/mol. The monoisotopic (exact) mass is 474 g/mol. The Labute approximate surface area is 203 Å². The van der Waals surface area contributed by atoms with Gasteiger partial charge in [-0.2, -0.15) is 0 Å². The van der Waals surface area contributed by atoms with Crippen molar-refractivity contribution in [1.29, 1.82) is 0 Å². The molecule has 4 aromatic rings. The van der Waals surface area contributed by atoms with Gasteiger partial charge < -0.3 is 19.3 Å². The number of ether oxygens (including phenoxy) is 1. The van der Waals surface area contributed by atoms with Gasteiger partial charge in [-0.15, -0.1) is 5.10 Å². The Morgan fingerprint density at radius 1 is 1.17 bits per heavy atom. The molecule has 9 nitrogen and oxygen atoms in total. The second-order valence-electron chi connectivity index (χ2n) is 9.90. The topological polar surface area (TPSA) is 98.3 Å². The summed E-state index contributed by atoms with van der Waals surface area (Å²) in [5, 5.41) is 19.0. The van der Waals surface area contributed by atoms with Crippen LogP contribution in [0.1, 0.15) is 41.9 Å². The Kier molecular flexibility index (Phi) is 5.34. The number of carbonyl (C=O) groups is 1. The SMILES string of the molecule is Cc1nnn(C)c1-c1cnc2c3cc(C(=O)N4CC(O)C4)ccc3n([C@H](C)C3CCOCC3)c2c1.